The number of phenols is 1. The molecule has 5 nitrogen and oxygen atoms in total. The van der Waals surface area contributed by atoms with E-state index in [-0.39, 0.29) is 11.7 Å². The molecule has 26 heavy (non-hydrogen) atoms. The lowest BCUT2D eigenvalue weighted by Gasteiger charge is -2.08. The number of nitrogens with zero attached hydrogens (tertiary/aromatic N) is 1. The number of hydrogen-bond acceptors (Lipinski definition) is 5. The maximum absolute atomic E-state index is 12.2. The van der Waals surface area contributed by atoms with Crippen molar-refractivity contribution in [2.45, 2.75) is 6.92 Å². The van der Waals surface area contributed by atoms with E-state index < -0.39 is 0 Å². The Hall–Kier alpha value is -1.77. The highest BCUT2D eigenvalue weighted by atomic mass is 79.9. The molecule has 0 radical (unpaired) electrons. The Balaban J connectivity index is 1.86. The lowest BCUT2D eigenvalue weighted by atomic mass is 10.2. The lowest BCUT2D eigenvalue weighted by Crippen LogP contribution is -2.19. The standard InChI is InChI=1S/C18H14Br2N2O3S/c1-2-25-14-8-10(7-13(20)16(14)23)9-15-17(24)22-18(26-15)21-12-5-3-11(19)4-6-12/h3-9,23H,2H2,1H3,(H,21,22,24)/b15-9+. The number of carbonyl (C=O) groups excluding carboxylic acids is 1. The highest BCUT2D eigenvalue weighted by molar-refractivity contribution is 9.10. The summed E-state index contributed by atoms with van der Waals surface area (Å²) in [7, 11) is 0. The van der Waals surface area contributed by atoms with E-state index in [9.17, 15) is 9.90 Å². The molecular weight excluding hydrogens is 484 g/mol. The molecule has 2 aromatic carbocycles. The smallest absolute Gasteiger partial charge is 0.264 e. The molecule has 0 spiro atoms. The van der Waals surface area contributed by atoms with Crippen LogP contribution in [0.2, 0.25) is 0 Å². The highest BCUT2D eigenvalue weighted by Gasteiger charge is 2.24. The van der Waals surface area contributed by atoms with E-state index in [0.29, 0.717) is 26.9 Å². The number of halogens is 2. The molecule has 1 aliphatic heterocycles. The number of amides is 1. The molecule has 3 rings (SSSR count). The van der Waals surface area contributed by atoms with Gasteiger partial charge in [-0.1, -0.05) is 15.9 Å². The van der Waals surface area contributed by atoms with Crippen LogP contribution >= 0.6 is 43.6 Å². The van der Waals surface area contributed by atoms with Gasteiger partial charge in [-0.25, -0.2) is 4.99 Å². The first-order valence-corrected chi connectivity index (χ1v) is 10.1. The molecule has 0 unspecified atom stereocenters. The van der Waals surface area contributed by atoms with Crippen LogP contribution in [0, 0.1) is 0 Å². The second-order valence-corrected chi connectivity index (χ2v) is 8.04. The summed E-state index contributed by atoms with van der Waals surface area (Å²) in [5, 5.41) is 13.3. The number of aliphatic imine (C=N–C) groups is 1. The molecule has 0 atom stereocenters. The number of aromatic hydroxyl groups is 1. The fraction of sp³-hybridized carbons (Fsp3) is 0.111. The zero-order valence-corrected chi connectivity index (χ0v) is 17.6. The van der Waals surface area contributed by atoms with Crippen LogP contribution in [0.15, 0.2) is 55.2 Å². The fourth-order valence-electron chi connectivity index (χ4n) is 2.21. The van der Waals surface area contributed by atoms with Gasteiger partial charge in [-0.2, -0.15) is 0 Å². The Bertz CT molecular complexity index is 911. The van der Waals surface area contributed by atoms with E-state index in [2.05, 4.69) is 42.2 Å². The highest BCUT2D eigenvalue weighted by Crippen LogP contribution is 2.37. The Kier molecular flexibility index (Phi) is 6.05. The quantitative estimate of drug-likeness (QED) is 0.569. The number of amidine groups is 1. The molecule has 0 saturated carbocycles. The van der Waals surface area contributed by atoms with Crippen molar-refractivity contribution in [3.63, 3.8) is 0 Å². The Morgan fingerprint density at radius 1 is 1.27 bits per heavy atom. The van der Waals surface area contributed by atoms with Crippen molar-refractivity contribution in [1.82, 2.24) is 5.32 Å². The van der Waals surface area contributed by atoms with Crippen molar-refractivity contribution in [3.05, 3.63) is 55.8 Å². The topological polar surface area (TPSA) is 70.9 Å². The summed E-state index contributed by atoms with van der Waals surface area (Å²) in [6.07, 6.45) is 1.73. The van der Waals surface area contributed by atoms with Crippen LogP contribution in [0.5, 0.6) is 11.5 Å². The van der Waals surface area contributed by atoms with Gasteiger partial charge in [-0.15, -0.1) is 0 Å². The zero-order chi connectivity index (χ0) is 18.7. The van der Waals surface area contributed by atoms with Gasteiger partial charge < -0.3 is 15.2 Å². The molecular formula is C18H14Br2N2O3S. The molecule has 2 aromatic rings. The fourth-order valence-corrected chi connectivity index (χ4v) is 3.77. The number of ether oxygens (including phenoxy) is 1. The van der Waals surface area contributed by atoms with E-state index >= 15 is 0 Å². The Labute approximate surface area is 171 Å². The number of phenolic OH excluding ortho intramolecular Hbond substituents is 1. The number of benzene rings is 2. The Morgan fingerprint density at radius 3 is 2.69 bits per heavy atom. The van der Waals surface area contributed by atoms with Gasteiger partial charge in [0.1, 0.15) is 0 Å². The van der Waals surface area contributed by atoms with Gasteiger partial charge in [0.2, 0.25) is 0 Å². The minimum Gasteiger partial charge on any atom is -0.503 e. The molecule has 1 amide bonds. The number of rotatable bonds is 4. The van der Waals surface area contributed by atoms with E-state index in [1.54, 1.807) is 18.2 Å². The Morgan fingerprint density at radius 2 is 2.00 bits per heavy atom. The molecule has 2 N–H and O–H groups in total. The average molecular weight is 498 g/mol. The summed E-state index contributed by atoms with van der Waals surface area (Å²) >= 11 is 7.94. The van der Waals surface area contributed by atoms with E-state index in [0.717, 1.165) is 15.7 Å². The number of thioether (sulfide) groups is 1. The van der Waals surface area contributed by atoms with Gasteiger partial charge in [-0.05, 0) is 82.7 Å². The predicted molar refractivity (Wildman–Crippen MR) is 112 cm³/mol. The first-order valence-electron chi connectivity index (χ1n) is 7.66. The van der Waals surface area contributed by atoms with Gasteiger partial charge in [0.15, 0.2) is 16.7 Å². The summed E-state index contributed by atoms with van der Waals surface area (Å²) in [5.41, 5.74) is 1.49. The second kappa shape index (κ2) is 8.28. The van der Waals surface area contributed by atoms with Crippen molar-refractivity contribution in [2.24, 2.45) is 4.99 Å². The van der Waals surface area contributed by atoms with Crippen molar-refractivity contribution in [3.8, 4) is 11.5 Å². The van der Waals surface area contributed by atoms with Crippen LogP contribution in [0.4, 0.5) is 5.69 Å². The van der Waals surface area contributed by atoms with Gasteiger partial charge >= 0.3 is 0 Å². The minimum atomic E-state index is -0.215. The average Bonchev–Trinajstić information content (AvgIpc) is 2.94. The van der Waals surface area contributed by atoms with Crippen molar-refractivity contribution >= 4 is 66.5 Å². The molecule has 0 aliphatic carbocycles. The van der Waals surface area contributed by atoms with Gasteiger partial charge in [0, 0.05) is 4.47 Å². The first kappa shape index (κ1) is 19.0. The predicted octanol–water partition coefficient (Wildman–Crippen LogP) is 5.21. The van der Waals surface area contributed by atoms with Crippen molar-refractivity contribution in [2.75, 3.05) is 6.61 Å². The minimum absolute atomic E-state index is 0.0371. The summed E-state index contributed by atoms with van der Waals surface area (Å²) in [4.78, 5) is 17.2. The molecule has 1 saturated heterocycles. The van der Waals surface area contributed by atoms with Crippen LogP contribution < -0.4 is 10.1 Å². The molecule has 1 aliphatic rings. The van der Waals surface area contributed by atoms with E-state index in [1.807, 2.05) is 31.2 Å². The van der Waals surface area contributed by atoms with E-state index in [1.165, 1.54) is 11.8 Å². The molecule has 1 fully saturated rings. The van der Waals surface area contributed by atoms with E-state index in [4.69, 9.17) is 4.74 Å². The maximum Gasteiger partial charge on any atom is 0.264 e. The number of carbonyl (C=O) groups is 1. The SMILES string of the molecule is CCOc1cc(/C=C2/SC(=Nc3ccc(Br)cc3)NC2=O)cc(Br)c1O. The number of hydrogen-bond donors (Lipinski definition) is 2. The molecule has 0 bridgehead atoms. The largest absolute Gasteiger partial charge is 0.503 e. The second-order valence-electron chi connectivity index (χ2n) is 5.24. The van der Waals surface area contributed by atoms with Crippen LogP contribution in [-0.4, -0.2) is 22.8 Å². The lowest BCUT2D eigenvalue weighted by molar-refractivity contribution is -0.115. The number of nitrogens with one attached hydrogen (secondary N) is 1. The maximum atomic E-state index is 12.2. The molecule has 0 aromatic heterocycles. The summed E-state index contributed by atoms with van der Waals surface area (Å²) in [6.45, 7) is 2.27. The summed E-state index contributed by atoms with van der Waals surface area (Å²) in [5.74, 6) is 0.184. The molecule has 134 valence electrons. The van der Waals surface area contributed by atoms with Gasteiger partial charge in [0.25, 0.3) is 5.91 Å². The molecule has 8 heteroatoms. The van der Waals surface area contributed by atoms with Crippen LogP contribution in [0.25, 0.3) is 6.08 Å². The third-order valence-electron chi connectivity index (χ3n) is 3.36. The third-order valence-corrected chi connectivity index (χ3v) is 5.40. The summed E-state index contributed by atoms with van der Waals surface area (Å²) < 4.78 is 6.88. The normalized spacial score (nSPS) is 17.0. The van der Waals surface area contributed by atoms with Crippen LogP contribution in [0.1, 0.15) is 12.5 Å². The van der Waals surface area contributed by atoms with Crippen LogP contribution in [-0.2, 0) is 4.79 Å². The van der Waals surface area contributed by atoms with Crippen LogP contribution in [0.3, 0.4) is 0 Å². The molecule has 1 heterocycles. The van der Waals surface area contributed by atoms with Gasteiger partial charge in [0.05, 0.1) is 21.7 Å². The monoisotopic (exact) mass is 496 g/mol. The first-order chi connectivity index (χ1) is 12.5. The zero-order valence-electron chi connectivity index (χ0n) is 13.6. The van der Waals surface area contributed by atoms with Crippen molar-refractivity contribution < 1.29 is 14.6 Å². The summed E-state index contributed by atoms with van der Waals surface area (Å²) in [6, 6.07) is 10.9. The third kappa shape index (κ3) is 4.49. The van der Waals surface area contributed by atoms with Crippen molar-refractivity contribution in [1.29, 1.82) is 0 Å². The van der Waals surface area contributed by atoms with Gasteiger partial charge in [-0.3, -0.25) is 4.79 Å².